The van der Waals surface area contributed by atoms with Gasteiger partial charge in [-0.2, -0.15) is 0 Å². The smallest absolute Gasteiger partial charge is 0.122 e. The number of anilines is 1. The van der Waals surface area contributed by atoms with Crippen molar-refractivity contribution in [2.24, 2.45) is 5.73 Å². The summed E-state index contributed by atoms with van der Waals surface area (Å²) >= 11 is 6.65. The van der Waals surface area contributed by atoms with E-state index in [0.29, 0.717) is 16.7 Å². The second-order valence-electron chi connectivity index (χ2n) is 4.07. The van der Waals surface area contributed by atoms with E-state index >= 15 is 0 Å². The van der Waals surface area contributed by atoms with Crippen LogP contribution in [0.15, 0.2) is 35.8 Å². The normalized spacial score (nSPS) is 12.1. The maximum absolute atomic E-state index is 5.53. The third-order valence-electron chi connectivity index (χ3n) is 2.94. The predicted molar refractivity (Wildman–Crippen MR) is 81.3 cm³/mol. The molecule has 0 saturated heterocycles. The summed E-state index contributed by atoms with van der Waals surface area (Å²) in [6, 6.07) is 8.38. The zero-order chi connectivity index (χ0) is 13.1. The van der Waals surface area contributed by atoms with Gasteiger partial charge in [-0.3, -0.25) is 4.98 Å². The van der Waals surface area contributed by atoms with Crippen molar-refractivity contribution >= 4 is 34.2 Å². The highest BCUT2D eigenvalue weighted by molar-refractivity contribution is 7.80. The average molecular weight is 277 g/mol. The Morgan fingerprint density at radius 3 is 2.72 bits per heavy atom. The van der Waals surface area contributed by atoms with Gasteiger partial charge in [-0.15, -0.1) is 11.3 Å². The van der Waals surface area contributed by atoms with Crippen LogP contribution in [-0.2, 0) is 0 Å². The van der Waals surface area contributed by atoms with Gasteiger partial charge in [0.1, 0.15) is 4.99 Å². The molecule has 0 aromatic carbocycles. The molecule has 0 bridgehead atoms. The number of aromatic nitrogens is 1. The lowest BCUT2D eigenvalue weighted by Gasteiger charge is -2.26. The number of hydrogen-bond donors (Lipinski definition) is 1. The van der Waals surface area contributed by atoms with Gasteiger partial charge in [0.2, 0.25) is 0 Å². The Bertz CT molecular complexity index is 520. The van der Waals surface area contributed by atoms with Crippen molar-refractivity contribution in [2.75, 3.05) is 11.9 Å². The monoisotopic (exact) mass is 277 g/mol. The molecular formula is C13H15N3S2. The van der Waals surface area contributed by atoms with Gasteiger partial charge in [0.25, 0.3) is 0 Å². The Labute approximate surface area is 116 Å². The van der Waals surface area contributed by atoms with Crippen LogP contribution >= 0.6 is 23.6 Å². The van der Waals surface area contributed by atoms with Crippen LogP contribution < -0.4 is 10.6 Å². The fourth-order valence-corrected chi connectivity index (χ4v) is 2.63. The third-order valence-corrected chi connectivity index (χ3v) is 4.20. The van der Waals surface area contributed by atoms with E-state index in [1.165, 1.54) is 4.88 Å². The Kier molecular flexibility index (Phi) is 3.93. The van der Waals surface area contributed by atoms with E-state index in [0.717, 1.165) is 5.69 Å². The van der Waals surface area contributed by atoms with Crippen LogP contribution in [0.5, 0.6) is 0 Å². The highest BCUT2D eigenvalue weighted by atomic mass is 32.1. The lowest BCUT2D eigenvalue weighted by Crippen LogP contribution is -2.21. The summed E-state index contributed by atoms with van der Waals surface area (Å²) in [5.74, 6) is 0. The zero-order valence-electron chi connectivity index (χ0n) is 10.3. The van der Waals surface area contributed by atoms with Crippen LogP contribution in [0.2, 0.25) is 0 Å². The van der Waals surface area contributed by atoms with Crippen LogP contribution in [0.3, 0.4) is 0 Å². The maximum atomic E-state index is 5.53. The summed E-state index contributed by atoms with van der Waals surface area (Å²) in [6.07, 6.45) is 1.80. The molecule has 2 aromatic rings. The second kappa shape index (κ2) is 5.46. The minimum absolute atomic E-state index is 0.322. The number of nitrogens with two attached hydrogens (primary N) is 1. The van der Waals surface area contributed by atoms with E-state index in [2.05, 4.69) is 41.4 Å². The molecule has 0 amide bonds. The molecule has 0 radical (unpaired) electrons. The summed E-state index contributed by atoms with van der Waals surface area (Å²) in [4.78, 5) is 8.10. The Balaban J connectivity index is 2.18. The third kappa shape index (κ3) is 2.68. The number of pyridine rings is 1. The summed E-state index contributed by atoms with van der Waals surface area (Å²) in [5, 5.41) is 2.09. The van der Waals surface area contributed by atoms with Crippen molar-refractivity contribution < 1.29 is 0 Å². The molecule has 1 atom stereocenters. The molecular weight excluding hydrogens is 262 g/mol. The van der Waals surface area contributed by atoms with Crippen molar-refractivity contribution in [3.05, 3.63) is 46.4 Å². The maximum Gasteiger partial charge on any atom is 0.122 e. The fourth-order valence-electron chi connectivity index (χ4n) is 1.68. The second-order valence-corrected chi connectivity index (χ2v) is 5.49. The van der Waals surface area contributed by atoms with E-state index in [4.69, 9.17) is 18.0 Å². The van der Waals surface area contributed by atoms with E-state index < -0.39 is 0 Å². The summed E-state index contributed by atoms with van der Waals surface area (Å²) < 4.78 is 0. The molecule has 0 spiro atoms. The topological polar surface area (TPSA) is 42.1 Å². The first kappa shape index (κ1) is 13.0. The van der Waals surface area contributed by atoms with Crippen molar-refractivity contribution in [2.45, 2.75) is 13.0 Å². The van der Waals surface area contributed by atoms with Gasteiger partial charge in [-0.1, -0.05) is 18.3 Å². The molecule has 3 nitrogen and oxygen atoms in total. The molecule has 5 heteroatoms. The summed E-state index contributed by atoms with van der Waals surface area (Å²) in [7, 11) is 2.06. The van der Waals surface area contributed by atoms with Crippen LogP contribution in [-0.4, -0.2) is 17.0 Å². The van der Waals surface area contributed by atoms with Gasteiger partial charge in [0.15, 0.2) is 0 Å². The zero-order valence-corrected chi connectivity index (χ0v) is 12.0. The molecule has 0 aliphatic rings. The van der Waals surface area contributed by atoms with Crippen LogP contribution in [0, 0.1) is 0 Å². The molecule has 2 heterocycles. The van der Waals surface area contributed by atoms with E-state index in [9.17, 15) is 0 Å². The summed E-state index contributed by atoms with van der Waals surface area (Å²) in [5.41, 5.74) is 7.24. The molecule has 2 aromatic heterocycles. The SMILES string of the molecule is CC(c1cccs1)N(C)c1ccc(C(N)=S)nc1. The molecule has 18 heavy (non-hydrogen) atoms. The largest absolute Gasteiger partial charge is 0.388 e. The average Bonchev–Trinajstić information content (AvgIpc) is 2.91. The molecule has 0 saturated carbocycles. The Morgan fingerprint density at radius 1 is 1.44 bits per heavy atom. The minimum Gasteiger partial charge on any atom is -0.388 e. The van der Waals surface area contributed by atoms with Gasteiger partial charge in [-0.25, -0.2) is 0 Å². The first-order chi connectivity index (χ1) is 8.59. The highest BCUT2D eigenvalue weighted by Gasteiger charge is 2.13. The molecule has 1 unspecified atom stereocenters. The number of rotatable bonds is 4. The van der Waals surface area contributed by atoms with Crippen molar-refractivity contribution in [3.8, 4) is 0 Å². The van der Waals surface area contributed by atoms with Gasteiger partial charge >= 0.3 is 0 Å². The van der Waals surface area contributed by atoms with E-state index in [1.807, 2.05) is 12.1 Å². The van der Waals surface area contributed by atoms with Crippen molar-refractivity contribution in [3.63, 3.8) is 0 Å². The molecule has 0 fully saturated rings. The van der Waals surface area contributed by atoms with Crippen LogP contribution in [0.25, 0.3) is 0 Å². The Morgan fingerprint density at radius 2 is 2.22 bits per heavy atom. The van der Waals surface area contributed by atoms with Gasteiger partial charge in [-0.05, 0) is 30.5 Å². The molecule has 2 N–H and O–H groups in total. The van der Waals surface area contributed by atoms with Crippen LogP contribution in [0.4, 0.5) is 5.69 Å². The van der Waals surface area contributed by atoms with Gasteiger partial charge in [0, 0.05) is 11.9 Å². The number of nitrogens with zero attached hydrogens (tertiary/aromatic N) is 2. The summed E-state index contributed by atoms with van der Waals surface area (Å²) in [6.45, 7) is 2.17. The van der Waals surface area contributed by atoms with Crippen molar-refractivity contribution in [1.29, 1.82) is 0 Å². The predicted octanol–water partition coefficient (Wildman–Crippen LogP) is 2.97. The van der Waals surface area contributed by atoms with Gasteiger partial charge in [0.05, 0.1) is 23.6 Å². The van der Waals surface area contributed by atoms with E-state index in [1.54, 1.807) is 17.5 Å². The first-order valence-electron chi connectivity index (χ1n) is 5.61. The molecule has 0 aliphatic heterocycles. The van der Waals surface area contributed by atoms with E-state index in [-0.39, 0.29) is 0 Å². The highest BCUT2D eigenvalue weighted by Crippen LogP contribution is 2.27. The van der Waals surface area contributed by atoms with Crippen LogP contribution in [0.1, 0.15) is 23.5 Å². The number of thiocarbonyl (C=S) groups is 1. The molecule has 2 rings (SSSR count). The quantitative estimate of drug-likeness (QED) is 0.872. The fraction of sp³-hybridized carbons (Fsp3) is 0.231. The van der Waals surface area contributed by atoms with Crippen molar-refractivity contribution in [1.82, 2.24) is 4.98 Å². The molecule has 0 aliphatic carbocycles. The molecule has 94 valence electrons. The number of hydrogen-bond acceptors (Lipinski definition) is 4. The first-order valence-corrected chi connectivity index (χ1v) is 6.90. The van der Waals surface area contributed by atoms with Gasteiger partial charge < -0.3 is 10.6 Å². The number of thiophene rings is 1. The minimum atomic E-state index is 0.322. The standard InChI is InChI=1S/C13H15N3S2/c1-9(12-4-3-7-18-12)16(2)10-5-6-11(13(14)17)15-8-10/h3-9H,1-2H3,(H2,14,17). The Hall–Kier alpha value is -1.46. The lowest BCUT2D eigenvalue weighted by atomic mass is 10.2. The lowest BCUT2D eigenvalue weighted by molar-refractivity contribution is 0.752.